The summed E-state index contributed by atoms with van der Waals surface area (Å²) < 4.78 is 22.2. The van der Waals surface area contributed by atoms with Crippen molar-refractivity contribution in [2.45, 2.75) is 30.9 Å². The first kappa shape index (κ1) is 18.6. The van der Waals surface area contributed by atoms with Gasteiger partial charge in [0, 0.05) is 31.4 Å². The summed E-state index contributed by atoms with van der Waals surface area (Å²) in [5.74, 6) is -0.312. The third-order valence-corrected chi connectivity index (χ3v) is 5.47. The molecule has 0 aliphatic carbocycles. The summed E-state index contributed by atoms with van der Waals surface area (Å²) >= 11 is 0.904. The van der Waals surface area contributed by atoms with Crippen LogP contribution in [-0.4, -0.2) is 44.8 Å². The molecule has 124 valence electrons. The minimum atomic E-state index is -3.78. The van der Waals surface area contributed by atoms with Gasteiger partial charge >= 0.3 is 0 Å². The molecule has 0 bridgehead atoms. The van der Waals surface area contributed by atoms with E-state index in [0.717, 1.165) is 11.3 Å². The molecule has 1 heterocycles. The van der Waals surface area contributed by atoms with Gasteiger partial charge in [-0.1, -0.05) is 0 Å². The molecular formula is C13H21N3O4S2. The molecule has 0 fully saturated rings. The second-order valence-electron chi connectivity index (χ2n) is 4.62. The molecule has 1 rings (SSSR count). The van der Waals surface area contributed by atoms with Gasteiger partial charge in [-0.25, -0.2) is 13.6 Å². The van der Waals surface area contributed by atoms with Crippen molar-refractivity contribution in [1.82, 2.24) is 10.2 Å². The van der Waals surface area contributed by atoms with E-state index in [4.69, 9.17) is 5.14 Å². The van der Waals surface area contributed by atoms with Gasteiger partial charge in [-0.2, -0.15) is 0 Å². The normalized spacial score (nSPS) is 11.2. The predicted octanol–water partition coefficient (Wildman–Crippen LogP) is 0.774. The van der Waals surface area contributed by atoms with Crippen molar-refractivity contribution in [2.75, 3.05) is 19.6 Å². The van der Waals surface area contributed by atoms with Crippen LogP contribution in [0, 0.1) is 0 Å². The summed E-state index contributed by atoms with van der Waals surface area (Å²) in [7, 11) is -3.78. The Morgan fingerprint density at radius 2 is 1.95 bits per heavy atom. The first-order valence-corrected chi connectivity index (χ1v) is 9.39. The highest BCUT2D eigenvalue weighted by Gasteiger charge is 2.15. The number of primary sulfonamides is 1. The predicted molar refractivity (Wildman–Crippen MR) is 85.2 cm³/mol. The molecule has 0 aliphatic rings. The highest BCUT2D eigenvalue weighted by molar-refractivity contribution is 7.91. The van der Waals surface area contributed by atoms with Crippen LogP contribution < -0.4 is 10.5 Å². The summed E-state index contributed by atoms with van der Waals surface area (Å²) in [6, 6.07) is 1.25. The fourth-order valence-electron chi connectivity index (χ4n) is 1.86. The lowest BCUT2D eigenvalue weighted by Gasteiger charge is -2.18. The quantitative estimate of drug-likeness (QED) is 0.677. The largest absolute Gasteiger partial charge is 0.352 e. The maximum Gasteiger partial charge on any atom is 0.252 e. The second-order valence-corrected chi connectivity index (χ2v) is 7.32. The van der Waals surface area contributed by atoms with Crippen molar-refractivity contribution in [3.63, 3.8) is 0 Å². The van der Waals surface area contributed by atoms with Gasteiger partial charge in [0.25, 0.3) is 5.91 Å². The van der Waals surface area contributed by atoms with Crippen LogP contribution in [0.15, 0.2) is 15.7 Å². The Morgan fingerprint density at radius 3 is 2.45 bits per heavy atom. The second kappa shape index (κ2) is 8.25. The highest BCUT2D eigenvalue weighted by atomic mass is 32.2. The smallest absolute Gasteiger partial charge is 0.252 e. The number of sulfonamides is 1. The molecule has 0 aromatic carbocycles. The minimum absolute atomic E-state index is 0.0469. The van der Waals surface area contributed by atoms with E-state index >= 15 is 0 Å². The van der Waals surface area contributed by atoms with E-state index in [0.29, 0.717) is 32.5 Å². The molecule has 1 aromatic heterocycles. The van der Waals surface area contributed by atoms with Crippen molar-refractivity contribution in [1.29, 1.82) is 0 Å². The van der Waals surface area contributed by atoms with Gasteiger partial charge in [0.15, 0.2) is 0 Å². The Balaban J connectivity index is 2.41. The zero-order valence-electron chi connectivity index (χ0n) is 12.7. The molecule has 0 spiro atoms. The number of hydrogen-bond acceptors (Lipinski definition) is 5. The maximum atomic E-state index is 11.8. The molecule has 9 heteroatoms. The fraction of sp³-hybridized carbons (Fsp3) is 0.538. The molecule has 0 saturated heterocycles. The van der Waals surface area contributed by atoms with Crippen molar-refractivity contribution in [2.24, 2.45) is 5.14 Å². The van der Waals surface area contributed by atoms with Crippen LogP contribution in [0.2, 0.25) is 0 Å². The van der Waals surface area contributed by atoms with Crippen LogP contribution in [0.5, 0.6) is 0 Å². The monoisotopic (exact) mass is 347 g/mol. The van der Waals surface area contributed by atoms with Gasteiger partial charge in [0.05, 0.1) is 5.56 Å². The van der Waals surface area contributed by atoms with E-state index in [1.807, 2.05) is 13.8 Å². The molecular weight excluding hydrogens is 326 g/mol. The number of nitrogens with one attached hydrogen (secondary N) is 1. The lowest BCUT2D eigenvalue weighted by Crippen LogP contribution is -2.31. The van der Waals surface area contributed by atoms with E-state index in [-0.39, 0.29) is 21.6 Å². The molecule has 0 unspecified atom stereocenters. The van der Waals surface area contributed by atoms with Crippen molar-refractivity contribution in [3.05, 3.63) is 17.0 Å². The molecule has 0 aliphatic heterocycles. The number of hydrogen-bond donors (Lipinski definition) is 2. The van der Waals surface area contributed by atoms with E-state index in [2.05, 4.69) is 5.32 Å². The number of carbonyl (C=O) groups excluding carboxylic acids is 2. The van der Waals surface area contributed by atoms with E-state index in [1.165, 1.54) is 11.4 Å². The first-order valence-electron chi connectivity index (χ1n) is 6.96. The molecule has 3 N–H and O–H groups in total. The van der Waals surface area contributed by atoms with Crippen LogP contribution in [0.3, 0.4) is 0 Å². The van der Waals surface area contributed by atoms with Crippen LogP contribution in [0.25, 0.3) is 0 Å². The molecule has 1 aromatic rings. The van der Waals surface area contributed by atoms with Gasteiger partial charge in [-0.3, -0.25) is 9.59 Å². The summed E-state index contributed by atoms with van der Waals surface area (Å²) in [4.78, 5) is 25.3. The lowest BCUT2D eigenvalue weighted by atomic mass is 10.2. The molecule has 2 amide bonds. The Hall–Kier alpha value is -1.45. The summed E-state index contributed by atoms with van der Waals surface area (Å²) in [6.07, 6.45) is 0.904. The molecule has 22 heavy (non-hydrogen) atoms. The number of nitrogens with zero attached hydrogens (tertiary/aromatic N) is 1. The minimum Gasteiger partial charge on any atom is -0.352 e. The lowest BCUT2D eigenvalue weighted by molar-refractivity contribution is -0.130. The highest BCUT2D eigenvalue weighted by Crippen LogP contribution is 2.18. The maximum absolute atomic E-state index is 11.8. The topological polar surface area (TPSA) is 110 Å². The third-order valence-electron chi connectivity index (χ3n) is 3.09. The Labute approximate surface area is 134 Å². The Kier molecular flexibility index (Phi) is 6.98. The van der Waals surface area contributed by atoms with Gasteiger partial charge < -0.3 is 10.2 Å². The average Bonchev–Trinajstić information content (AvgIpc) is 2.94. The van der Waals surface area contributed by atoms with E-state index in [1.54, 1.807) is 4.90 Å². The van der Waals surface area contributed by atoms with Gasteiger partial charge in [0.1, 0.15) is 4.21 Å². The fourth-order valence-corrected chi connectivity index (χ4v) is 3.45. The number of carbonyl (C=O) groups is 2. The number of rotatable bonds is 8. The first-order chi connectivity index (χ1) is 10.3. The molecule has 7 nitrogen and oxygen atoms in total. The zero-order chi connectivity index (χ0) is 16.8. The van der Waals surface area contributed by atoms with Gasteiger partial charge in [-0.15, -0.1) is 11.3 Å². The summed E-state index contributed by atoms with van der Waals surface area (Å²) in [5.41, 5.74) is 0.254. The molecule has 0 radical (unpaired) electrons. The molecule has 0 atom stereocenters. The number of thiophene rings is 1. The van der Waals surface area contributed by atoms with Gasteiger partial charge in [0.2, 0.25) is 15.9 Å². The van der Waals surface area contributed by atoms with Crippen molar-refractivity contribution in [3.8, 4) is 0 Å². The third kappa shape index (κ3) is 5.39. The molecule has 0 saturated carbocycles. The Morgan fingerprint density at radius 1 is 1.32 bits per heavy atom. The number of nitrogens with two attached hydrogens (primary N) is 1. The zero-order valence-corrected chi connectivity index (χ0v) is 14.3. The summed E-state index contributed by atoms with van der Waals surface area (Å²) in [5, 5.41) is 9.08. The van der Waals surface area contributed by atoms with E-state index < -0.39 is 10.0 Å². The van der Waals surface area contributed by atoms with Crippen LogP contribution in [0.4, 0.5) is 0 Å². The Bertz CT molecular complexity index is 621. The number of amides is 2. The van der Waals surface area contributed by atoms with Crippen LogP contribution in [0.1, 0.15) is 37.0 Å². The standard InChI is InChI=1S/C13H21N3O4S2/c1-3-16(4-2)11(17)6-5-7-15-13(18)10-8-12(21-9-10)22(14,19)20/h8-9H,3-7H2,1-2H3,(H,15,18)(H2,14,19,20). The average molecular weight is 347 g/mol. The van der Waals surface area contributed by atoms with Crippen molar-refractivity contribution < 1.29 is 18.0 Å². The van der Waals surface area contributed by atoms with Crippen molar-refractivity contribution >= 4 is 33.2 Å². The van der Waals surface area contributed by atoms with E-state index in [9.17, 15) is 18.0 Å². The SMILES string of the molecule is CCN(CC)C(=O)CCCNC(=O)c1csc(S(N)(=O)=O)c1. The summed E-state index contributed by atoms with van der Waals surface area (Å²) in [6.45, 7) is 5.54. The van der Waals surface area contributed by atoms with Crippen LogP contribution in [-0.2, 0) is 14.8 Å². The van der Waals surface area contributed by atoms with Gasteiger partial charge in [-0.05, 0) is 26.3 Å². The van der Waals surface area contributed by atoms with Crippen LogP contribution >= 0.6 is 11.3 Å².